The largest absolute Gasteiger partial charge is 0.494 e. The standard InChI is InChI=1S/C29H38F3N7O/c1-28(2,3)25-19(8-7-9-23(25)33-4)17-34-26-21(29(30,31)32)18-35-27(37-26)36-22-11-10-20(16-24(22)40-6)39-14-12-38(5)13-15-39/h7-11,16,18,33H,12-15,17H2,1-6H3,(H2,34,35,36,37). The van der Waals surface area contributed by atoms with Crippen molar-refractivity contribution < 1.29 is 17.9 Å². The fourth-order valence-corrected chi connectivity index (χ4v) is 4.97. The van der Waals surface area contributed by atoms with Crippen LogP contribution in [0.4, 0.5) is 42.0 Å². The molecule has 0 radical (unpaired) electrons. The topological polar surface area (TPSA) is 77.6 Å². The zero-order chi connectivity index (χ0) is 29.1. The molecule has 0 spiro atoms. The van der Waals surface area contributed by atoms with Gasteiger partial charge in [-0.15, -0.1) is 0 Å². The average Bonchev–Trinajstić information content (AvgIpc) is 2.91. The van der Waals surface area contributed by atoms with Crippen LogP contribution < -0.4 is 25.6 Å². The van der Waals surface area contributed by atoms with Crippen LogP contribution in [0.15, 0.2) is 42.6 Å². The molecule has 3 N–H and O–H groups in total. The molecule has 1 aromatic heterocycles. The second-order valence-electron chi connectivity index (χ2n) is 10.9. The zero-order valence-corrected chi connectivity index (χ0v) is 23.9. The van der Waals surface area contributed by atoms with E-state index in [9.17, 15) is 13.2 Å². The van der Waals surface area contributed by atoms with Crippen molar-refractivity contribution in [3.8, 4) is 5.75 Å². The molecule has 1 aliphatic rings. The van der Waals surface area contributed by atoms with Gasteiger partial charge in [-0.3, -0.25) is 0 Å². The molecule has 3 aromatic rings. The SMILES string of the molecule is CNc1cccc(CNc2nc(Nc3ccc(N4CCN(C)CC4)cc3OC)ncc2C(F)(F)F)c1C(C)(C)C. The highest BCUT2D eigenvalue weighted by Crippen LogP contribution is 2.37. The van der Waals surface area contributed by atoms with Crippen molar-refractivity contribution in [3.63, 3.8) is 0 Å². The van der Waals surface area contributed by atoms with E-state index in [2.05, 4.69) is 63.5 Å². The van der Waals surface area contributed by atoms with E-state index in [1.54, 1.807) is 7.11 Å². The second-order valence-corrected chi connectivity index (χ2v) is 10.9. The fourth-order valence-electron chi connectivity index (χ4n) is 4.97. The number of hydrogen-bond donors (Lipinski definition) is 3. The summed E-state index contributed by atoms with van der Waals surface area (Å²) < 4.78 is 47.3. The van der Waals surface area contributed by atoms with Gasteiger partial charge in [0.2, 0.25) is 5.95 Å². The number of rotatable bonds is 8. The summed E-state index contributed by atoms with van der Waals surface area (Å²) in [5, 5.41) is 9.16. The number of piperazine rings is 1. The van der Waals surface area contributed by atoms with Crippen molar-refractivity contribution in [1.82, 2.24) is 14.9 Å². The molecule has 0 amide bonds. The summed E-state index contributed by atoms with van der Waals surface area (Å²) in [5.74, 6) is 0.280. The van der Waals surface area contributed by atoms with Gasteiger partial charge in [0.05, 0.1) is 12.8 Å². The van der Waals surface area contributed by atoms with E-state index in [1.165, 1.54) is 0 Å². The van der Waals surface area contributed by atoms with E-state index in [0.717, 1.165) is 54.9 Å². The first-order valence-electron chi connectivity index (χ1n) is 13.3. The number of hydrogen-bond acceptors (Lipinski definition) is 8. The molecule has 8 nitrogen and oxygen atoms in total. The molecule has 1 aliphatic heterocycles. The number of ether oxygens (including phenoxy) is 1. The molecule has 216 valence electrons. The van der Waals surface area contributed by atoms with Gasteiger partial charge >= 0.3 is 6.18 Å². The zero-order valence-electron chi connectivity index (χ0n) is 23.9. The van der Waals surface area contributed by atoms with Crippen LogP contribution >= 0.6 is 0 Å². The highest BCUT2D eigenvalue weighted by molar-refractivity contribution is 5.69. The minimum Gasteiger partial charge on any atom is -0.494 e. The molecule has 4 rings (SSSR count). The van der Waals surface area contributed by atoms with Crippen LogP contribution in [0.25, 0.3) is 0 Å². The Kier molecular flexibility index (Phi) is 8.62. The van der Waals surface area contributed by atoms with Gasteiger partial charge < -0.3 is 30.5 Å². The fraction of sp³-hybridized carbons (Fsp3) is 0.448. The van der Waals surface area contributed by atoms with Crippen LogP contribution in [0.2, 0.25) is 0 Å². The Labute approximate surface area is 234 Å². The molecule has 1 saturated heterocycles. The molecule has 11 heteroatoms. The molecule has 2 aromatic carbocycles. The van der Waals surface area contributed by atoms with Crippen molar-refractivity contribution in [1.29, 1.82) is 0 Å². The molecule has 40 heavy (non-hydrogen) atoms. The first-order chi connectivity index (χ1) is 18.9. The highest BCUT2D eigenvalue weighted by atomic mass is 19.4. The minimum atomic E-state index is -4.62. The summed E-state index contributed by atoms with van der Waals surface area (Å²) in [7, 11) is 5.49. The van der Waals surface area contributed by atoms with E-state index < -0.39 is 11.7 Å². The second kappa shape index (κ2) is 11.8. The third kappa shape index (κ3) is 6.70. The van der Waals surface area contributed by atoms with Crippen molar-refractivity contribution in [2.75, 3.05) is 68.2 Å². The van der Waals surface area contributed by atoms with E-state index in [4.69, 9.17) is 4.74 Å². The summed E-state index contributed by atoms with van der Waals surface area (Å²) in [6.07, 6.45) is -3.82. The average molecular weight is 558 g/mol. The summed E-state index contributed by atoms with van der Waals surface area (Å²) in [4.78, 5) is 12.8. The van der Waals surface area contributed by atoms with Crippen LogP contribution in [-0.2, 0) is 18.1 Å². The molecule has 0 atom stereocenters. The number of nitrogens with one attached hydrogen (secondary N) is 3. The maximum Gasteiger partial charge on any atom is 0.421 e. The van der Waals surface area contributed by atoms with Gasteiger partial charge in [0.15, 0.2) is 0 Å². The Morgan fingerprint density at radius 3 is 2.35 bits per heavy atom. The molecule has 0 unspecified atom stereocenters. The van der Waals surface area contributed by atoms with Gasteiger partial charge in [-0.25, -0.2) is 4.98 Å². The first-order valence-corrected chi connectivity index (χ1v) is 13.3. The lowest BCUT2D eigenvalue weighted by Gasteiger charge is -2.34. The molecule has 2 heterocycles. The molecular formula is C29H38F3N7O. The Morgan fingerprint density at radius 2 is 1.73 bits per heavy atom. The highest BCUT2D eigenvalue weighted by Gasteiger charge is 2.35. The number of aromatic nitrogens is 2. The molecular weight excluding hydrogens is 519 g/mol. The predicted octanol–water partition coefficient (Wildman–Crippen LogP) is 5.95. The van der Waals surface area contributed by atoms with Crippen LogP contribution in [0.1, 0.15) is 37.5 Å². The third-order valence-electron chi connectivity index (χ3n) is 7.01. The van der Waals surface area contributed by atoms with E-state index in [0.29, 0.717) is 11.4 Å². The summed E-state index contributed by atoms with van der Waals surface area (Å²) in [5.41, 5.74) is 3.25. The Balaban J connectivity index is 1.61. The smallest absolute Gasteiger partial charge is 0.421 e. The van der Waals surface area contributed by atoms with Gasteiger partial charge in [-0.2, -0.15) is 18.2 Å². The molecule has 1 fully saturated rings. The first kappa shape index (κ1) is 29.3. The lowest BCUT2D eigenvalue weighted by Crippen LogP contribution is -2.44. The number of halogens is 3. The van der Waals surface area contributed by atoms with Crippen molar-refractivity contribution in [3.05, 3.63) is 59.3 Å². The lowest BCUT2D eigenvalue weighted by atomic mass is 9.82. The van der Waals surface area contributed by atoms with E-state index in [1.807, 2.05) is 43.4 Å². The van der Waals surface area contributed by atoms with E-state index >= 15 is 0 Å². The Morgan fingerprint density at radius 1 is 1.00 bits per heavy atom. The Hall–Kier alpha value is -3.73. The quantitative estimate of drug-likeness (QED) is 0.314. The number of alkyl halides is 3. The number of anilines is 5. The lowest BCUT2D eigenvalue weighted by molar-refractivity contribution is -0.137. The molecule has 0 saturated carbocycles. The summed E-state index contributed by atoms with van der Waals surface area (Å²) >= 11 is 0. The number of methoxy groups -OCH3 is 1. The third-order valence-corrected chi connectivity index (χ3v) is 7.01. The van der Waals surface area contributed by atoms with Crippen molar-refractivity contribution in [2.45, 2.75) is 38.9 Å². The van der Waals surface area contributed by atoms with Gasteiger partial charge in [-0.05, 0) is 41.8 Å². The maximum atomic E-state index is 13.9. The van der Waals surface area contributed by atoms with Crippen LogP contribution in [0.5, 0.6) is 5.75 Å². The van der Waals surface area contributed by atoms with Crippen LogP contribution in [-0.4, -0.2) is 62.3 Å². The number of nitrogens with zero attached hydrogens (tertiary/aromatic N) is 4. The summed E-state index contributed by atoms with van der Waals surface area (Å²) in [6, 6.07) is 11.5. The van der Waals surface area contributed by atoms with Crippen LogP contribution in [0.3, 0.4) is 0 Å². The van der Waals surface area contributed by atoms with Crippen LogP contribution in [0, 0.1) is 0 Å². The van der Waals surface area contributed by atoms with Gasteiger partial charge in [-0.1, -0.05) is 32.9 Å². The van der Waals surface area contributed by atoms with Gasteiger partial charge in [0, 0.05) is 63.4 Å². The van der Waals surface area contributed by atoms with Gasteiger partial charge in [0.1, 0.15) is 17.1 Å². The van der Waals surface area contributed by atoms with E-state index in [-0.39, 0.29) is 23.7 Å². The Bertz CT molecular complexity index is 1320. The predicted molar refractivity (Wildman–Crippen MR) is 155 cm³/mol. The number of benzene rings is 2. The summed E-state index contributed by atoms with van der Waals surface area (Å²) in [6.45, 7) is 10.1. The van der Waals surface area contributed by atoms with Crippen molar-refractivity contribution in [2.24, 2.45) is 0 Å². The molecule has 0 aliphatic carbocycles. The maximum absolute atomic E-state index is 13.9. The van der Waals surface area contributed by atoms with Crippen molar-refractivity contribution >= 4 is 28.8 Å². The normalized spacial score (nSPS) is 14.7. The number of likely N-dealkylation sites (N-methyl/N-ethyl adjacent to an activating group) is 1. The molecule has 0 bridgehead atoms. The minimum absolute atomic E-state index is 0.0289. The monoisotopic (exact) mass is 557 g/mol. The van der Waals surface area contributed by atoms with Gasteiger partial charge in [0.25, 0.3) is 0 Å².